The molecule has 0 aliphatic carbocycles. The summed E-state index contributed by atoms with van der Waals surface area (Å²) in [5.74, 6) is -4.52. The number of ketones is 1. The molecular formula is C42H79N7O9. The minimum absolute atomic E-state index is 0.0143. The van der Waals surface area contributed by atoms with E-state index in [1.54, 1.807) is 34.6 Å². The Hall–Kier alpha value is -3.63. The summed E-state index contributed by atoms with van der Waals surface area (Å²) in [6.07, 6.45) is 2.75. The van der Waals surface area contributed by atoms with Crippen LogP contribution in [0.3, 0.4) is 0 Å². The van der Waals surface area contributed by atoms with Crippen molar-refractivity contribution in [2.45, 2.75) is 170 Å². The first-order valence-corrected chi connectivity index (χ1v) is 21.1. The molecule has 0 aliphatic heterocycles. The molecule has 0 radical (unpaired) electrons. The summed E-state index contributed by atoms with van der Waals surface area (Å²) in [4.78, 5) is 98.9. The number of rotatable bonds is 27. The first kappa shape index (κ1) is 54.4. The van der Waals surface area contributed by atoms with E-state index in [2.05, 4.69) is 21.3 Å². The summed E-state index contributed by atoms with van der Waals surface area (Å²) in [6.45, 7) is 19.0. The minimum Gasteiger partial charge on any atom is -0.394 e. The normalized spacial score (nSPS) is 15.8. The molecule has 6 amide bonds. The van der Waals surface area contributed by atoms with Crippen molar-refractivity contribution in [2.24, 2.45) is 23.7 Å². The van der Waals surface area contributed by atoms with Crippen molar-refractivity contribution < 1.29 is 43.8 Å². The third-order valence-electron chi connectivity index (χ3n) is 10.7. The molecule has 0 rings (SSSR count). The van der Waals surface area contributed by atoms with Gasteiger partial charge in [0, 0.05) is 21.1 Å². The molecular weight excluding hydrogens is 747 g/mol. The molecule has 0 aliphatic rings. The SMILES string of the molecule is CCCCCC(NC(=O)C(CC(C)C)N(C)C(=O)C(NC(=O)C(CC(C)C)N(C)C(=O)C(CO)N(C)C(=O)C(CC)NC(=O)C(NC)C(O)C(C)C)C(C)C)C(C)=O. The molecule has 0 bridgehead atoms. The van der Waals surface area contributed by atoms with Gasteiger partial charge in [-0.3, -0.25) is 33.6 Å². The van der Waals surface area contributed by atoms with Crippen molar-refractivity contribution in [3.05, 3.63) is 0 Å². The van der Waals surface area contributed by atoms with Gasteiger partial charge in [-0.15, -0.1) is 0 Å². The Morgan fingerprint density at radius 3 is 1.45 bits per heavy atom. The first-order chi connectivity index (χ1) is 26.9. The monoisotopic (exact) mass is 826 g/mol. The van der Waals surface area contributed by atoms with Crippen molar-refractivity contribution in [1.82, 2.24) is 36.0 Å². The van der Waals surface area contributed by atoms with Gasteiger partial charge >= 0.3 is 0 Å². The van der Waals surface area contributed by atoms with Crippen molar-refractivity contribution in [2.75, 3.05) is 34.8 Å². The average molecular weight is 826 g/mol. The molecule has 0 spiro atoms. The number of aliphatic hydroxyl groups is 2. The molecule has 6 N–H and O–H groups in total. The fourth-order valence-electron chi connectivity index (χ4n) is 6.75. The summed E-state index contributed by atoms with van der Waals surface area (Å²) in [6, 6.07) is -7.31. The Bertz CT molecular complexity index is 1340. The van der Waals surface area contributed by atoms with Gasteiger partial charge in [0.2, 0.25) is 35.4 Å². The lowest BCUT2D eigenvalue weighted by Crippen LogP contribution is -2.62. The highest BCUT2D eigenvalue weighted by Crippen LogP contribution is 2.19. The lowest BCUT2D eigenvalue weighted by Gasteiger charge is -2.37. The van der Waals surface area contributed by atoms with Gasteiger partial charge in [-0.2, -0.15) is 0 Å². The molecule has 0 aromatic rings. The molecule has 0 fully saturated rings. The van der Waals surface area contributed by atoms with Gasteiger partial charge in [-0.1, -0.05) is 88.5 Å². The minimum atomic E-state index is -1.42. The molecule has 8 unspecified atom stereocenters. The van der Waals surface area contributed by atoms with E-state index in [0.717, 1.165) is 29.1 Å². The maximum atomic E-state index is 14.2. The van der Waals surface area contributed by atoms with Crippen LogP contribution in [-0.4, -0.2) is 149 Å². The summed E-state index contributed by atoms with van der Waals surface area (Å²) < 4.78 is 0. The van der Waals surface area contributed by atoms with Gasteiger partial charge in [0.15, 0.2) is 5.78 Å². The maximum absolute atomic E-state index is 14.2. The molecule has 58 heavy (non-hydrogen) atoms. The second-order valence-corrected chi connectivity index (χ2v) is 17.2. The summed E-state index contributed by atoms with van der Waals surface area (Å²) in [5, 5.41) is 32.1. The highest BCUT2D eigenvalue weighted by molar-refractivity contribution is 5.97. The molecule has 0 aromatic heterocycles. The molecule has 16 nitrogen and oxygen atoms in total. The molecule has 16 heteroatoms. The summed E-state index contributed by atoms with van der Waals surface area (Å²) in [5.41, 5.74) is 0. The quantitative estimate of drug-likeness (QED) is 0.0661. The number of carbonyl (C=O) groups excluding carboxylic acids is 7. The van der Waals surface area contributed by atoms with E-state index in [1.807, 2.05) is 34.6 Å². The third kappa shape index (κ3) is 16.6. The van der Waals surface area contributed by atoms with E-state index in [4.69, 9.17) is 0 Å². The van der Waals surface area contributed by atoms with E-state index >= 15 is 0 Å². The van der Waals surface area contributed by atoms with Gasteiger partial charge in [-0.25, -0.2) is 0 Å². The van der Waals surface area contributed by atoms with Gasteiger partial charge in [0.25, 0.3) is 0 Å². The Kier molecular flexibility index (Phi) is 24.8. The Balaban J connectivity index is 6.43. The molecule has 0 saturated heterocycles. The van der Waals surface area contributed by atoms with Crippen LogP contribution in [-0.2, 0) is 33.6 Å². The van der Waals surface area contributed by atoms with E-state index < -0.39 is 96.4 Å². The van der Waals surface area contributed by atoms with E-state index in [-0.39, 0.29) is 36.4 Å². The lowest BCUT2D eigenvalue weighted by molar-refractivity contribution is -0.151. The summed E-state index contributed by atoms with van der Waals surface area (Å²) >= 11 is 0. The van der Waals surface area contributed by atoms with Gasteiger partial charge < -0.3 is 46.2 Å². The van der Waals surface area contributed by atoms with Crippen LogP contribution in [0, 0.1) is 23.7 Å². The predicted molar refractivity (Wildman–Crippen MR) is 225 cm³/mol. The number of unbranched alkanes of at least 4 members (excludes halogenated alkanes) is 2. The zero-order chi connectivity index (χ0) is 45.2. The molecule has 0 heterocycles. The number of hydrogen-bond acceptors (Lipinski definition) is 10. The van der Waals surface area contributed by atoms with Crippen LogP contribution < -0.4 is 21.3 Å². The van der Waals surface area contributed by atoms with Crippen LogP contribution >= 0.6 is 0 Å². The Labute approximate surface area is 348 Å². The zero-order valence-electron chi connectivity index (χ0n) is 38.2. The molecule has 8 atom stereocenters. The van der Waals surface area contributed by atoms with Gasteiger partial charge in [0.05, 0.1) is 18.8 Å². The number of Topliss-reactive ketones (excluding diaryl/α,β-unsaturated/α-hetero) is 1. The smallest absolute Gasteiger partial charge is 0.248 e. The fourth-order valence-corrected chi connectivity index (χ4v) is 6.75. The molecule has 0 aromatic carbocycles. The van der Waals surface area contributed by atoms with Crippen LogP contribution in [0.4, 0.5) is 0 Å². The number of aliphatic hydroxyl groups excluding tert-OH is 2. The topological polar surface area (TPSA) is 218 Å². The fraction of sp³-hybridized carbons (Fsp3) is 0.833. The van der Waals surface area contributed by atoms with Crippen LogP contribution in [0.2, 0.25) is 0 Å². The van der Waals surface area contributed by atoms with Gasteiger partial charge in [0.1, 0.15) is 36.3 Å². The van der Waals surface area contributed by atoms with Crippen molar-refractivity contribution >= 4 is 41.2 Å². The number of nitrogens with one attached hydrogen (secondary N) is 4. The lowest BCUT2D eigenvalue weighted by atomic mass is 9.96. The number of amides is 6. The average Bonchev–Trinajstić information content (AvgIpc) is 3.15. The van der Waals surface area contributed by atoms with E-state index in [9.17, 15) is 43.8 Å². The highest BCUT2D eigenvalue weighted by Gasteiger charge is 2.40. The third-order valence-corrected chi connectivity index (χ3v) is 10.7. The van der Waals surface area contributed by atoms with E-state index in [0.29, 0.717) is 12.8 Å². The Morgan fingerprint density at radius 2 is 1.05 bits per heavy atom. The van der Waals surface area contributed by atoms with E-state index in [1.165, 1.54) is 40.0 Å². The largest absolute Gasteiger partial charge is 0.394 e. The van der Waals surface area contributed by atoms with Crippen LogP contribution in [0.5, 0.6) is 0 Å². The maximum Gasteiger partial charge on any atom is 0.248 e. The van der Waals surface area contributed by atoms with Crippen molar-refractivity contribution in [3.8, 4) is 0 Å². The van der Waals surface area contributed by atoms with Crippen LogP contribution in [0.1, 0.15) is 121 Å². The second kappa shape index (κ2) is 26.5. The predicted octanol–water partition coefficient (Wildman–Crippen LogP) is 1.85. The van der Waals surface area contributed by atoms with Crippen LogP contribution in [0.25, 0.3) is 0 Å². The standard InChI is InChI=1S/C42H79N7O9/c1-16-18-19-20-30(28(11)51)45-37(53)31(21-24(3)4)48(14)42(58)34(26(7)8)46-38(54)32(22-25(5)6)47(13)41(57)33(23-50)49(15)40(56)29(17-2)44-39(55)35(43-12)36(52)27(9)10/h24-27,29-36,43,50,52H,16-23H2,1-15H3,(H,44,55)(H,45,53)(H,46,54). The first-order valence-electron chi connectivity index (χ1n) is 21.1. The molecule has 0 saturated carbocycles. The number of likely N-dealkylation sites (N-methyl/N-ethyl adjacent to an activating group) is 4. The summed E-state index contributed by atoms with van der Waals surface area (Å²) in [7, 11) is 5.75. The van der Waals surface area contributed by atoms with Crippen molar-refractivity contribution in [3.63, 3.8) is 0 Å². The highest BCUT2D eigenvalue weighted by atomic mass is 16.3. The van der Waals surface area contributed by atoms with Crippen LogP contribution in [0.15, 0.2) is 0 Å². The second-order valence-electron chi connectivity index (χ2n) is 17.2. The number of nitrogens with zero attached hydrogens (tertiary/aromatic N) is 3. The molecule has 336 valence electrons. The zero-order valence-corrected chi connectivity index (χ0v) is 38.2. The number of carbonyl (C=O) groups is 7. The van der Waals surface area contributed by atoms with Crippen molar-refractivity contribution in [1.29, 1.82) is 0 Å². The number of hydrogen-bond donors (Lipinski definition) is 6. The van der Waals surface area contributed by atoms with Gasteiger partial charge in [-0.05, 0) is 63.3 Å². The Morgan fingerprint density at radius 1 is 0.586 bits per heavy atom.